The molecule has 3 aromatic carbocycles. The lowest BCUT2D eigenvalue weighted by Gasteiger charge is -2.15. The van der Waals surface area contributed by atoms with Crippen LogP contribution in [-0.4, -0.2) is 19.1 Å². The normalized spacial score (nSPS) is 10.5. The van der Waals surface area contributed by atoms with Crippen molar-refractivity contribution in [2.45, 2.75) is 27.3 Å². The molecule has 0 aliphatic rings. The van der Waals surface area contributed by atoms with Gasteiger partial charge in [-0.3, -0.25) is 4.79 Å². The van der Waals surface area contributed by atoms with Crippen LogP contribution in [0.2, 0.25) is 5.02 Å². The number of aryl methyl sites for hydroxylation is 2. The number of halogens is 2. The zero-order valence-electron chi connectivity index (χ0n) is 18.3. The molecular weight excluding hydrogens is 492 g/mol. The van der Waals surface area contributed by atoms with E-state index in [0.717, 1.165) is 26.9 Å². The number of ether oxygens (including phenoxy) is 2. The van der Waals surface area contributed by atoms with Crippen LogP contribution in [0.15, 0.2) is 59.1 Å². The van der Waals surface area contributed by atoms with Crippen molar-refractivity contribution in [1.82, 2.24) is 0 Å². The topological polar surface area (TPSA) is 59.6 Å². The van der Waals surface area contributed by atoms with Crippen LogP contribution in [-0.2, 0) is 11.3 Å². The lowest BCUT2D eigenvalue weighted by Crippen LogP contribution is -2.20. The smallest absolute Gasteiger partial charge is 0.262 e. The number of hydrogen-bond donors (Lipinski definition) is 2. The summed E-state index contributed by atoms with van der Waals surface area (Å²) in [6.07, 6.45) is 0. The van der Waals surface area contributed by atoms with Crippen LogP contribution in [0.3, 0.4) is 0 Å². The SMILES string of the molecule is CCOc1cc(CNc2ccc(Br)cc2C)ccc1OCC(=O)Nc1ccc(C)c(Cl)c1. The Kier molecular flexibility index (Phi) is 8.42. The summed E-state index contributed by atoms with van der Waals surface area (Å²) in [5, 5.41) is 6.83. The molecule has 0 radical (unpaired) electrons. The average Bonchev–Trinajstić information content (AvgIpc) is 2.75. The molecule has 0 unspecified atom stereocenters. The standard InChI is InChI=1S/C25H26BrClN2O3/c1-4-31-24-12-18(14-28-22-9-7-19(26)11-17(22)3)6-10-23(24)32-15-25(30)29-20-8-5-16(2)21(27)13-20/h5-13,28H,4,14-15H2,1-3H3,(H,29,30). The van der Waals surface area contributed by atoms with Crippen molar-refractivity contribution < 1.29 is 14.3 Å². The van der Waals surface area contributed by atoms with Crippen molar-refractivity contribution in [3.63, 3.8) is 0 Å². The highest BCUT2D eigenvalue weighted by atomic mass is 79.9. The number of amides is 1. The summed E-state index contributed by atoms with van der Waals surface area (Å²) in [7, 11) is 0. The van der Waals surface area contributed by atoms with E-state index >= 15 is 0 Å². The predicted octanol–water partition coefficient (Wildman–Crippen LogP) is 6.75. The molecular formula is C25H26BrClN2O3. The van der Waals surface area contributed by atoms with Gasteiger partial charge in [0.2, 0.25) is 0 Å². The quantitative estimate of drug-likeness (QED) is 0.330. The van der Waals surface area contributed by atoms with Crippen molar-refractivity contribution in [3.05, 3.63) is 80.8 Å². The predicted molar refractivity (Wildman–Crippen MR) is 134 cm³/mol. The molecule has 0 fully saturated rings. The number of anilines is 2. The summed E-state index contributed by atoms with van der Waals surface area (Å²) in [4.78, 5) is 12.3. The molecule has 168 valence electrons. The van der Waals surface area contributed by atoms with Gasteiger partial charge >= 0.3 is 0 Å². The molecule has 32 heavy (non-hydrogen) atoms. The number of carbonyl (C=O) groups is 1. The average molecular weight is 518 g/mol. The van der Waals surface area contributed by atoms with Gasteiger partial charge in [0.05, 0.1) is 6.61 Å². The zero-order chi connectivity index (χ0) is 23.1. The third-order valence-corrected chi connectivity index (χ3v) is 5.69. The lowest BCUT2D eigenvalue weighted by molar-refractivity contribution is -0.118. The molecule has 7 heteroatoms. The number of carbonyl (C=O) groups excluding carboxylic acids is 1. The molecule has 0 saturated carbocycles. The minimum absolute atomic E-state index is 0.138. The first-order valence-corrected chi connectivity index (χ1v) is 11.5. The van der Waals surface area contributed by atoms with Crippen molar-refractivity contribution in [2.75, 3.05) is 23.8 Å². The van der Waals surface area contributed by atoms with Gasteiger partial charge in [-0.25, -0.2) is 0 Å². The van der Waals surface area contributed by atoms with E-state index in [0.29, 0.717) is 35.4 Å². The third-order valence-electron chi connectivity index (χ3n) is 4.79. The van der Waals surface area contributed by atoms with Crippen LogP contribution in [0.4, 0.5) is 11.4 Å². The molecule has 5 nitrogen and oxygen atoms in total. The van der Waals surface area contributed by atoms with Crippen LogP contribution in [0.1, 0.15) is 23.6 Å². The van der Waals surface area contributed by atoms with E-state index in [1.165, 1.54) is 0 Å². The lowest BCUT2D eigenvalue weighted by atomic mass is 10.1. The highest BCUT2D eigenvalue weighted by Crippen LogP contribution is 2.29. The number of rotatable bonds is 9. The van der Waals surface area contributed by atoms with Crippen molar-refractivity contribution in [1.29, 1.82) is 0 Å². The Labute approximate surface area is 202 Å². The summed E-state index contributed by atoms with van der Waals surface area (Å²) in [6, 6.07) is 17.2. The van der Waals surface area contributed by atoms with E-state index < -0.39 is 0 Å². The van der Waals surface area contributed by atoms with Crippen LogP contribution in [0.5, 0.6) is 11.5 Å². The fourth-order valence-electron chi connectivity index (χ4n) is 3.08. The van der Waals surface area contributed by atoms with Gasteiger partial charge in [0.15, 0.2) is 18.1 Å². The van der Waals surface area contributed by atoms with Crippen LogP contribution in [0, 0.1) is 13.8 Å². The highest BCUT2D eigenvalue weighted by Gasteiger charge is 2.11. The zero-order valence-corrected chi connectivity index (χ0v) is 20.6. The minimum Gasteiger partial charge on any atom is -0.490 e. The van der Waals surface area contributed by atoms with Gasteiger partial charge in [0.25, 0.3) is 5.91 Å². The van der Waals surface area contributed by atoms with E-state index in [-0.39, 0.29) is 12.5 Å². The Morgan fingerprint density at radius 2 is 1.78 bits per heavy atom. The van der Waals surface area contributed by atoms with Crippen LogP contribution < -0.4 is 20.1 Å². The van der Waals surface area contributed by atoms with Gasteiger partial charge in [-0.15, -0.1) is 0 Å². The Hall–Kier alpha value is -2.70. The molecule has 3 rings (SSSR count). The maximum Gasteiger partial charge on any atom is 0.262 e. The largest absolute Gasteiger partial charge is 0.490 e. The fourth-order valence-corrected chi connectivity index (χ4v) is 3.74. The third kappa shape index (κ3) is 6.65. The molecule has 3 aromatic rings. The summed E-state index contributed by atoms with van der Waals surface area (Å²) in [5.41, 5.74) is 4.85. The van der Waals surface area contributed by atoms with E-state index in [1.807, 2.05) is 50.2 Å². The van der Waals surface area contributed by atoms with Crippen LogP contribution in [0.25, 0.3) is 0 Å². The molecule has 0 saturated heterocycles. The summed E-state index contributed by atoms with van der Waals surface area (Å²) < 4.78 is 12.5. The Balaban J connectivity index is 1.62. The molecule has 0 heterocycles. The van der Waals surface area contributed by atoms with E-state index in [9.17, 15) is 4.79 Å². The minimum atomic E-state index is -0.274. The first-order valence-electron chi connectivity index (χ1n) is 10.3. The van der Waals surface area contributed by atoms with Gasteiger partial charge in [0.1, 0.15) is 0 Å². The second-order valence-corrected chi connectivity index (χ2v) is 8.65. The molecule has 0 spiro atoms. The summed E-state index contributed by atoms with van der Waals surface area (Å²) in [6.45, 7) is 6.87. The second-order valence-electron chi connectivity index (χ2n) is 7.33. The maximum atomic E-state index is 12.3. The maximum absolute atomic E-state index is 12.3. The second kappa shape index (κ2) is 11.2. The molecule has 2 N–H and O–H groups in total. The Morgan fingerprint density at radius 3 is 2.50 bits per heavy atom. The van der Waals surface area contributed by atoms with E-state index in [2.05, 4.69) is 39.6 Å². The van der Waals surface area contributed by atoms with Crippen molar-refractivity contribution in [2.24, 2.45) is 0 Å². The number of hydrogen-bond acceptors (Lipinski definition) is 4. The number of nitrogens with one attached hydrogen (secondary N) is 2. The fraction of sp³-hybridized carbons (Fsp3) is 0.240. The van der Waals surface area contributed by atoms with E-state index in [4.69, 9.17) is 21.1 Å². The van der Waals surface area contributed by atoms with Crippen molar-refractivity contribution >= 4 is 44.8 Å². The van der Waals surface area contributed by atoms with Crippen molar-refractivity contribution in [3.8, 4) is 11.5 Å². The summed E-state index contributed by atoms with van der Waals surface area (Å²) in [5.74, 6) is 0.849. The van der Waals surface area contributed by atoms with Gasteiger partial charge in [-0.1, -0.05) is 39.7 Å². The van der Waals surface area contributed by atoms with Gasteiger partial charge < -0.3 is 20.1 Å². The molecule has 0 aliphatic heterocycles. The monoisotopic (exact) mass is 516 g/mol. The van der Waals surface area contributed by atoms with Gasteiger partial charge in [-0.2, -0.15) is 0 Å². The Morgan fingerprint density at radius 1 is 0.969 bits per heavy atom. The first kappa shape index (κ1) is 24.0. The molecule has 0 bridgehead atoms. The molecule has 0 aliphatic carbocycles. The number of benzene rings is 3. The summed E-state index contributed by atoms with van der Waals surface area (Å²) >= 11 is 9.60. The highest BCUT2D eigenvalue weighted by molar-refractivity contribution is 9.10. The molecule has 0 atom stereocenters. The molecule has 0 aromatic heterocycles. The molecule has 1 amide bonds. The van der Waals surface area contributed by atoms with E-state index in [1.54, 1.807) is 12.1 Å². The van der Waals surface area contributed by atoms with Crippen LogP contribution >= 0.6 is 27.5 Å². The first-order chi connectivity index (χ1) is 15.4. The van der Waals surface area contributed by atoms with Gasteiger partial charge in [0, 0.05) is 27.4 Å². The van der Waals surface area contributed by atoms with Gasteiger partial charge in [-0.05, 0) is 79.9 Å². The Bertz CT molecular complexity index is 1100.